The summed E-state index contributed by atoms with van der Waals surface area (Å²) in [5.41, 5.74) is 0.819. The van der Waals surface area contributed by atoms with Crippen molar-refractivity contribution < 1.29 is 19.4 Å². The number of amides is 1. The number of likely N-dealkylation sites (N-methyl/N-ethyl adjacent to an activating group) is 1. The number of benzene rings is 1. The molecular formula is C19H29NO4. The maximum Gasteiger partial charge on any atom is 0.225 e. The molecule has 1 aliphatic heterocycles. The topological polar surface area (TPSA) is 59.0 Å². The minimum absolute atomic E-state index is 0.0396. The Hall–Kier alpha value is -1.43. The summed E-state index contributed by atoms with van der Waals surface area (Å²) in [7, 11) is 1.75. The summed E-state index contributed by atoms with van der Waals surface area (Å²) in [5.74, 6) is 0.298. The maximum absolute atomic E-state index is 12.8. The second-order valence-corrected chi connectivity index (χ2v) is 6.88. The van der Waals surface area contributed by atoms with Gasteiger partial charge in [0.2, 0.25) is 5.91 Å². The molecule has 1 amide bonds. The third-order valence-electron chi connectivity index (χ3n) is 4.28. The monoisotopic (exact) mass is 335 g/mol. The normalized spacial score (nSPS) is 17.9. The van der Waals surface area contributed by atoms with Gasteiger partial charge in [0, 0.05) is 19.4 Å². The smallest absolute Gasteiger partial charge is 0.225 e. The van der Waals surface area contributed by atoms with Crippen molar-refractivity contribution >= 4 is 5.91 Å². The fraction of sp³-hybridized carbons (Fsp3) is 0.632. The van der Waals surface area contributed by atoms with Gasteiger partial charge in [0.05, 0.1) is 25.9 Å². The summed E-state index contributed by atoms with van der Waals surface area (Å²) >= 11 is 0. The minimum Gasteiger partial charge on any atom is -0.387 e. The molecule has 1 aromatic rings. The standard InChI is InChI=1S/C19H29NO4/c1-14(2)11-16(12-18-23-9-10-24-18)19(22)20(3)13-17(21)15-7-5-4-6-8-15/h4-8,14,16-18,21H,9-13H2,1-3H3/t16-,17+/m1/s1. The number of hydrogen-bond donors (Lipinski definition) is 1. The molecule has 0 aromatic heterocycles. The van der Waals surface area contributed by atoms with Gasteiger partial charge in [-0.3, -0.25) is 4.79 Å². The predicted molar refractivity (Wildman–Crippen MR) is 92.3 cm³/mol. The number of aliphatic hydroxyl groups is 1. The highest BCUT2D eigenvalue weighted by Gasteiger charge is 2.29. The molecule has 0 saturated carbocycles. The van der Waals surface area contributed by atoms with Crippen LogP contribution in [0, 0.1) is 11.8 Å². The molecule has 1 N–H and O–H groups in total. The Balaban J connectivity index is 1.95. The van der Waals surface area contributed by atoms with Gasteiger partial charge in [-0.1, -0.05) is 44.2 Å². The molecule has 0 aliphatic carbocycles. The van der Waals surface area contributed by atoms with Crippen LogP contribution in [-0.2, 0) is 14.3 Å². The first kappa shape index (κ1) is 18.9. The Labute approximate surface area is 144 Å². The van der Waals surface area contributed by atoms with Crippen LogP contribution >= 0.6 is 0 Å². The van der Waals surface area contributed by atoms with Crippen LogP contribution in [0.1, 0.15) is 38.4 Å². The van der Waals surface area contributed by atoms with Gasteiger partial charge in [-0.25, -0.2) is 0 Å². The lowest BCUT2D eigenvalue weighted by Gasteiger charge is -2.28. The molecule has 2 rings (SSSR count). The Morgan fingerprint density at radius 2 is 1.88 bits per heavy atom. The Morgan fingerprint density at radius 3 is 2.46 bits per heavy atom. The van der Waals surface area contributed by atoms with Crippen LogP contribution in [0.3, 0.4) is 0 Å². The molecule has 1 aliphatic rings. The van der Waals surface area contributed by atoms with E-state index < -0.39 is 6.10 Å². The van der Waals surface area contributed by atoms with Gasteiger partial charge in [0.15, 0.2) is 6.29 Å². The van der Waals surface area contributed by atoms with Crippen LogP contribution in [0.5, 0.6) is 0 Å². The van der Waals surface area contributed by atoms with Crippen molar-refractivity contribution in [3.8, 4) is 0 Å². The first-order chi connectivity index (χ1) is 11.5. The van der Waals surface area contributed by atoms with Crippen LogP contribution in [0.25, 0.3) is 0 Å². The van der Waals surface area contributed by atoms with Crippen LogP contribution in [0.4, 0.5) is 0 Å². The lowest BCUT2D eigenvalue weighted by molar-refractivity contribution is -0.140. The molecule has 1 saturated heterocycles. The van der Waals surface area contributed by atoms with Crippen molar-refractivity contribution in [2.24, 2.45) is 11.8 Å². The van der Waals surface area contributed by atoms with Gasteiger partial charge in [-0.15, -0.1) is 0 Å². The molecular weight excluding hydrogens is 306 g/mol. The zero-order valence-corrected chi connectivity index (χ0v) is 14.9. The fourth-order valence-corrected chi connectivity index (χ4v) is 3.08. The molecule has 5 nitrogen and oxygen atoms in total. The zero-order valence-electron chi connectivity index (χ0n) is 14.9. The Morgan fingerprint density at radius 1 is 1.25 bits per heavy atom. The van der Waals surface area contributed by atoms with Crippen LogP contribution in [-0.4, -0.2) is 49.0 Å². The van der Waals surface area contributed by atoms with E-state index in [1.807, 2.05) is 30.3 Å². The van der Waals surface area contributed by atoms with E-state index in [0.717, 1.165) is 12.0 Å². The second-order valence-electron chi connectivity index (χ2n) is 6.88. The van der Waals surface area contributed by atoms with Gasteiger partial charge < -0.3 is 19.5 Å². The van der Waals surface area contributed by atoms with Gasteiger partial charge in [0.25, 0.3) is 0 Å². The summed E-state index contributed by atoms with van der Waals surface area (Å²) in [6.07, 6.45) is 0.389. The third kappa shape index (κ3) is 5.58. The zero-order chi connectivity index (χ0) is 17.5. The van der Waals surface area contributed by atoms with Crippen molar-refractivity contribution in [2.75, 3.05) is 26.8 Å². The number of hydrogen-bond acceptors (Lipinski definition) is 4. The van der Waals surface area contributed by atoms with E-state index in [-0.39, 0.29) is 24.7 Å². The highest BCUT2D eigenvalue weighted by molar-refractivity contribution is 5.78. The summed E-state index contributed by atoms with van der Waals surface area (Å²) < 4.78 is 11.0. The van der Waals surface area contributed by atoms with Crippen LogP contribution < -0.4 is 0 Å². The van der Waals surface area contributed by atoms with E-state index >= 15 is 0 Å². The summed E-state index contributed by atoms with van der Waals surface area (Å²) in [6.45, 7) is 5.68. The van der Waals surface area contributed by atoms with E-state index in [2.05, 4.69) is 13.8 Å². The van der Waals surface area contributed by atoms with Crippen molar-refractivity contribution in [1.29, 1.82) is 0 Å². The van der Waals surface area contributed by atoms with Crippen molar-refractivity contribution in [1.82, 2.24) is 4.90 Å². The first-order valence-electron chi connectivity index (χ1n) is 8.68. The predicted octanol–water partition coefficient (Wildman–Crippen LogP) is 2.60. The number of aliphatic hydroxyl groups excluding tert-OH is 1. The molecule has 134 valence electrons. The number of nitrogens with zero attached hydrogens (tertiary/aromatic N) is 1. The lowest BCUT2D eigenvalue weighted by atomic mass is 9.92. The average Bonchev–Trinajstić information content (AvgIpc) is 3.07. The third-order valence-corrected chi connectivity index (χ3v) is 4.28. The molecule has 24 heavy (non-hydrogen) atoms. The van der Waals surface area contributed by atoms with E-state index in [1.54, 1.807) is 11.9 Å². The van der Waals surface area contributed by atoms with E-state index in [0.29, 0.717) is 25.6 Å². The van der Waals surface area contributed by atoms with Gasteiger partial charge in [-0.05, 0) is 17.9 Å². The Bertz CT molecular complexity index is 499. The largest absolute Gasteiger partial charge is 0.387 e. The highest BCUT2D eigenvalue weighted by Crippen LogP contribution is 2.24. The molecule has 1 aromatic carbocycles. The fourth-order valence-electron chi connectivity index (χ4n) is 3.08. The van der Waals surface area contributed by atoms with Crippen molar-refractivity contribution in [3.63, 3.8) is 0 Å². The number of ether oxygens (including phenoxy) is 2. The quantitative estimate of drug-likeness (QED) is 0.793. The maximum atomic E-state index is 12.8. The molecule has 0 unspecified atom stereocenters. The van der Waals surface area contributed by atoms with Crippen LogP contribution in [0.15, 0.2) is 30.3 Å². The average molecular weight is 335 g/mol. The van der Waals surface area contributed by atoms with E-state index in [4.69, 9.17) is 9.47 Å². The summed E-state index contributed by atoms with van der Waals surface area (Å²) in [6, 6.07) is 9.42. The molecule has 1 heterocycles. The van der Waals surface area contributed by atoms with Gasteiger partial charge >= 0.3 is 0 Å². The minimum atomic E-state index is -0.682. The second kappa shape index (κ2) is 9.16. The number of carbonyl (C=O) groups excluding carboxylic acids is 1. The Kier molecular flexibility index (Phi) is 7.21. The van der Waals surface area contributed by atoms with Crippen molar-refractivity contribution in [3.05, 3.63) is 35.9 Å². The van der Waals surface area contributed by atoms with Crippen LogP contribution in [0.2, 0.25) is 0 Å². The SMILES string of the molecule is CC(C)C[C@H](CC1OCCO1)C(=O)N(C)C[C@H](O)c1ccccc1. The van der Waals surface area contributed by atoms with Gasteiger partial charge in [0.1, 0.15) is 0 Å². The molecule has 0 bridgehead atoms. The molecule has 1 fully saturated rings. The van der Waals surface area contributed by atoms with E-state index in [1.165, 1.54) is 0 Å². The van der Waals surface area contributed by atoms with Crippen molar-refractivity contribution in [2.45, 2.75) is 39.1 Å². The molecule has 5 heteroatoms. The summed E-state index contributed by atoms with van der Waals surface area (Å²) in [5, 5.41) is 10.3. The number of rotatable bonds is 8. The number of carbonyl (C=O) groups is 1. The molecule has 2 atom stereocenters. The highest BCUT2D eigenvalue weighted by atomic mass is 16.7. The lowest BCUT2D eigenvalue weighted by Crippen LogP contribution is -2.38. The first-order valence-corrected chi connectivity index (χ1v) is 8.68. The summed E-state index contributed by atoms with van der Waals surface area (Å²) in [4.78, 5) is 14.5. The molecule has 0 radical (unpaired) electrons. The van der Waals surface area contributed by atoms with Gasteiger partial charge in [-0.2, -0.15) is 0 Å². The van der Waals surface area contributed by atoms with E-state index in [9.17, 15) is 9.90 Å². The molecule has 0 spiro atoms.